The van der Waals surface area contributed by atoms with Crippen molar-refractivity contribution >= 4 is 22.5 Å². The van der Waals surface area contributed by atoms with Crippen LogP contribution in [0.1, 0.15) is 50.6 Å². The second-order valence-corrected chi connectivity index (χ2v) is 9.63. The smallest absolute Gasteiger partial charge is 0.419 e. The Kier molecular flexibility index (Phi) is 7.11. The molecule has 1 aliphatic carbocycles. The van der Waals surface area contributed by atoms with Crippen LogP contribution in [0.5, 0.6) is 5.88 Å². The summed E-state index contributed by atoms with van der Waals surface area (Å²) in [5.41, 5.74) is -0.377. The zero-order valence-corrected chi connectivity index (χ0v) is 20.9. The molecule has 1 saturated heterocycles. The van der Waals surface area contributed by atoms with Crippen molar-refractivity contribution in [1.82, 2.24) is 25.1 Å². The number of pyridine rings is 2. The molecule has 5 rings (SSSR count). The first-order chi connectivity index (χ1) is 17.8. The van der Waals surface area contributed by atoms with Crippen LogP contribution in [-0.2, 0) is 6.18 Å². The maximum absolute atomic E-state index is 14.4. The molecule has 8 nitrogen and oxygen atoms in total. The van der Waals surface area contributed by atoms with E-state index in [1.807, 2.05) is 26.2 Å². The number of nitrogens with zero attached hydrogens (tertiary/aromatic N) is 5. The van der Waals surface area contributed by atoms with Gasteiger partial charge in [-0.25, -0.2) is 14.4 Å². The van der Waals surface area contributed by atoms with E-state index in [2.05, 4.69) is 30.2 Å². The highest BCUT2D eigenvalue weighted by atomic mass is 19.4. The zero-order chi connectivity index (χ0) is 26.2. The molecule has 0 unspecified atom stereocenters. The van der Waals surface area contributed by atoms with Gasteiger partial charge in [-0.05, 0) is 52.1 Å². The molecule has 0 radical (unpaired) electrons. The molecular weight excluding hydrogens is 490 g/mol. The number of rotatable bonds is 7. The van der Waals surface area contributed by atoms with E-state index in [9.17, 15) is 17.6 Å². The van der Waals surface area contributed by atoms with Gasteiger partial charge in [-0.3, -0.25) is 4.68 Å². The molecule has 12 heteroatoms. The van der Waals surface area contributed by atoms with Crippen LogP contribution in [0.15, 0.2) is 24.5 Å². The first-order valence-electron chi connectivity index (χ1n) is 12.7. The summed E-state index contributed by atoms with van der Waals surface area (Å²) in [6, 6.07) is 3.13. The van der Waals surface area contributed by atoms with Crippen LogP contribution in [0.25, 0.3) is 10.9 Å². The van der Waals surface area contributed by atoms with Crippen LogP contribution >= 0.6 is 0 Å². The monoisotopic (exact) mass is 521 g/mol. The van der Waals surface area contributed by atoms with Crippen molar-refractivity contribution in [3.8, 4) is 5.88 Å². The van der Waals surface area contributed by atoms with Gasteiger partial charge in [0.2, 0.25) is 0 Å². The predicted octanol–water partition coefficient (Wildman–Crippen LogP) is 4.78. The number of hydrogen-bond acceptors (Lipinski definition) is 7. The van der Waals surface area contributed by atoms with Crippen LogP contribution < -0.4 is 20.3 Å². The molecule has 2 aliphatic rings. The lowest BCUT2D eigenvalue weighted by molar-refractivity contribution is -0.140. The molecule has 0 aromatic carbocycles. The van der Waals surface area contributed by atoms with Gasteiger partial charge in [0.25, 0.3) is 5.88 Å². The molecule has 1 atom stereocenters. The number of aromatic nitrogens is 4. The number of likely N-dealkylation sites (N-methyl/N-ethyl adjacent to an activating group) is 1. The van der Waals surface area contributed by atoms with Crippen LogP contribution in [-0.4, -0.2) is 58.6 Å². The van der Waals surface area contributed by atoms with Gasteiger partial charge in [-0.15, -0.1) is 0 Å². The summed E-state index contributed by atoms with van der Waals surface area (Å²) < 4.78 is 61.2. The van der Waals surface area contributed by atoms with Crippen LogP contribution in [0.2, 0.25) is 0 Å². The second-order valence-electron chi connectivity index (χ2n) is 9.63. The summed E-state index contributed by atoms with van der Waals surface area (Å²) in [4.78, 5) is 10.6. The summed E-state index contributed by atoms with van der Waals surface area (Å²) >= 11 is 0. The number of halogens is 4. The maximum Gasteiger partial charge on any atom is 0.419 e. The van der Waals surface area contributed by atoms with E-state index in [1.54, 1.807) is 0 Å². The highest BCUT2D eigenvalue weighted by Gasteiger charge is 2.37. The molecule has 3 aromatic rings. The molecular formula is C25H31F4N7O. The van der Waals surface area contributed by atoms with Gasteiger partial charge in [0, 0.05) is 44.1 Å². The topological polar surface area (TPSA) is 80.1 Å². The Morgan fingerprint density at radius 2 is 1.92 bits per heavy atom. The Morgan fingerprint density at radius 3 is 2.59 bits per heavy atom. The maximum atomic E-state index is 14.4. The number of alkyl halides is 3. The van der Waals surface area contributed by atoms with Crippen molar-refractivity contribution in [2.45, 2.75) is 63.4 Å². The third-order valence-corrected chi connectivity index (χ3v) is 7.26. The van der Waals surface area contributed by atoms with E-state index < -0.39 is 29.5 Å². The fraction of sp³-hybridized carbons (Fsp3) is 0.560. The molecule has 3 aromatic heterocycles. The van der Waals surface area contributed by atoms with E-state index >= 15 is 0 Å². The van der Waals surface area contributed by atoms with E-state index in [0.717, 1.165) is 54.8 Å². The minimum Gasteiger partial charge on any atom is -0.472 e. The van der Waals surface area contributed by atoms with Crippen LogP contribution in [0, 0.1) is 5.82 Å². The molecule has 0 spiro atoms. The van der Waals surface area contributed by atoms with Gasteiger partial charge < -0.3 is 20.3 Å². The largest absolute Gasteiger partial charge is 0.472 e. The number of hydrogen-bond donors (Lipinski definition) is 2. The standard InChI is InChI=1S/C25H31F4N7O/c1-3-31-21-12-20-18(13-33-21)23(35-11-9-15(14-35)30-2)34-36(20)16-4-6-17(7-5-16)37-24-22(26)19(8-10-32-24)25(27,28)29/h8,10,12-13,15-17,30H,3-7,9,11,14H2,1-2H3,(H,31,33)/t15-,16-,17+/m1/s1. The normalized spacial score (nSPS) is 22.5. The molecule has 2 N–H and O–H groups in total. The minimum atomic E-state index is -4.80. The van der Waals surface area contributed by atoms with Crippen molar-refractivity contribution in [3.63, 3.8) is 0 Å². The van der Waals surface area contributed by atoms with E-state index in [0.29, 0.717) is 37.8 Å². The first-order valence-corrected chi connectivity index (χ1v) is 12.7. The Balaban J connectivity index is 1.35. The molecule has 0 bridgehead atoms. The lowest BCUT2D eigenvalue weighted by Crippen LogP contribution is -2.30. The SMILES string of the molecule is CCNc1cc2c(cn1)c(N1CC[C@@H](NC)C1)nn2[C@H]1CC[C@@H](Oc2nccc(C(F)(F)F)c2F)CC1. The third kappa shape index (κ3) is 5.16. The van der Waals surface area contributed by atoms with Crippen LogP contribution in [0.4, 0.5) is 29.2 Å². The third-order valence-electron chi connectivity index (χ3n) is 7.26. The molecule has 200 valence electrons. The average molecular weight is 522 g/mol. The first kappa shape index (κ1) is 25.5. The van der Waals surface area contributed by atoms with E-state index in [-0.39, 0.29) is 6.04 Å². The Labute approximate surface area is 212 Å². The molecule has 0 amide bonds. The van der Waals surface area contributed by atoms with Gasteiger partial charge in [-0.2, -0.15) is 18.3 Å². The predicted molar refractivity (Wildman–Crippen MR) is 132 cm³/mol. The summed E-state index contributed by atoms with van der Waals surface area (Å²) in [7, 11) is 1.97. The highest BCUT2D eigenvalue weighted by Crippen LogP contribution is 2.38. The molecule has 1 saturated carbocycles. The zero-order valence-electron chi connectivity index (χ0n) is 20.9. The van der Waals surface area contributed by atoms with Crippen molar-refractivity contribution < 1.29 is 22.3 Å². The summed E-state index contributed by atoms with van der Waals surface area (Å²) in [6.45, 7) is 4.54. The summed E-state index contributed by atoms with van der Waals surface area (Å²) in [5.74, 6) is -0.370. The van der Waals surface area contributed by atoms with Crippen LogP contribution in [0.3, 0.4) is 0 Å². The second kappa shape index (κ2) is 10.3. The van der Waals surface area contributed by atoms with Crippen molar-refractivity contribution in [3.05, 3.63) is 35.9 Å². The van der Waals surface area contributed by atoms with Gasteiger partial charge >= 0.3 is 6.18 Å². The number of anilines is 2. The van der Waals surface area contributed by atoms with E-state index in [1.165, 1.54) is 0 Å². The lowest BCUT2D eigenvalue weighted by atomic mass is 9.93. The van der Waals surface area contributed by atoms with Crippen molar-refractivity contribution in [2.24, 2.45) is 0 Å². The summed E-state index contributed by atoms with van der Waals surface area (Å²) in [6.07, 6.45) is 1.11. The fourth-order valence-corrected chi connectivity index (χ4v) is 5.29. The van der Waals surface area contributed by atoms with Gasteiger partial charge in [0.15, 0.2) is 11.6 Å². The molecule has 2 fully saturated rings. The Hall–Kier alpha value is -3.15. The number of ether oxygens (including phenoxy) is 1. The summed E-state index contributed by atoms with van der Waals surface area (Å²) in [5, 5.41) is 12.6. The fourth-order valence-electron chi connectivity index (χ4n) is 5.29. The van der Waals surface area contributed by atoms with Crippen molar-refractivity contribution in [2.75, 3.05) is 36.9 Å². The van der Waals surface area contributed by atoms with Crippen molar-refractivity contribution in [1.29, 1.82) is 0 Å². The molecule has 1 aliphatic heterocycles. The van der Waals surface area contributed by atoms with Gasteiger partial charge in [0.05, 0.1) is 22.5 Å². The highest BCUT2D eigenvalue weighted by molar-refractivity contribution is 5.91. The lowest BCUT2D eigenvalue weighted by Gasteiger charge is -2.29. The molecule has 4 heterocycles. The average Bonchev–Trinajstić information content (AvgIpc) is 3.50. The quantitative estimate of drug-likeness (QED) is 0.434. The molecule has 37 heavy (non-hydrogen) atoms. The number of nitrogens with one attached hydrogen (secondary N) is 2. The van der Waals surface area contributed by atoms with Gasteiger partial charge in [-0.1, -0.05) is 0 Å². The van der Waals surface area contributed by atoms with E-state index in [4.69, 9.17) is 9.84 Å². The Bertz CT molecular complexity index is 1240. The minimum absolute atomic E-state index is 0.0787. The number of fused-ring (bicyclic) bond motifs is 1. The Morgan fingerprint density at radius 1 is 1.14 bits per heavy atom. The van der Waals surface area contributed by atoms with Gasteiger partial charge in [0.1, 0.15) is 11.9 Å².